The average molecular weight is 260 g/mol. The number of anilines is 2. The molecule has 3 N–H and O–H groups in total. The van der Waals surface area contributed by atoms with E-state index in [1.54, 1.807) is 6.92 Å². The summed E-state index contributed by atoms with van der Waals surface area (Å²) in [7, 11) is 0. The standard InChI is InChI=1S/C10H18ClN5O/c1-5-12-8-13-7(11)14-9(15-8)16-10(3,4)6(2)17/h6,17H,5H2,1-4H3,(H2,12,13,14,15,16). The van der Waals surface area contributed by atoms with Gasteiger partial charge in [-0.3, -0.25) is 0 Å². The van der Waals surface area contributed by atoms with Crippen molar-refractivity contribution in [2.75, 3.05) is 17.2 Å². The number of aromatic nitrogens is 3. The van der Waals surface area contributed by atoms with Gasteiger partial charge in [0.2, 0.25) is 17.2 Å². The minimum atomic E-state index is -0.555. The maximum absolute atomic E-state index is 9.60. The smallest absolute Gasteiger partial charge is 0.229 e. The molecule has 17 heavy (non-hydrogen) atoms. The van der Waals surface area contributed by atoms with Crippen LogP contribution >= 0.6 is 11.6 Å². The highest BCUT2D eigenvalue weighted by Crippen LogP contribution is 2.17. The first kappa shape index (κ1) is 13.9. The van der Waals surface area contributed by atoms with Gasteiger partial charge in [-0.15, -0.1) is 0 Å². The predicted molar refractivity (Wildman–Crippen MR) is 68.4 cm³/mol. The summed E-state index contributed by atoms with van der Waals surface area (Å²) in [4.78, 5) is 12.0. The zero-order chi connectivity index (χ0) is 13.1. The first-order chi connectivity index (χ1) is 7.85. The third kappa shape index (κ3) is 3.98. The molecule has 0 bridgehead atoms. The molecule has 1 aromatic rings. The van der Waals surface area contributed by atoms with Crippen molar-refractivity contribution >= 4 is 23.5 Å². The lowest BCUT2D eigenvalue weighted by Crippen LogP contribution is -2.42. The molecule has 1 rings (SSSR count). The first-order valence-corrected chi connectivity index (χ1v) is 5.84. The Morgan fingerprint density at radius 1 is 1.29 bits per heavy atom. The maximum atomic E-state index is 9.60. The molecule has 0 aliphatic rings. The van der Waals surface area contributed by atoms with Crippen molar-refractivity contribution in [3.63, 3.8) is 0 Å². The van der Waals surface area contributed by atoms with Crippen LogP contribution in [0.4, 0.5) is 11.9 Å². The van der Waals surface area contributed by atoms with Crippen LogP contribution in [0.25, 0.3) is 0 Å². The number of aliphatic hydroxyl groups is 1. The highest BCUT2D eigenvalue weighted by molar-refractivity contribution is 6.28. The molecule has 96 valence electrons. The van der Waals surface area contributed by atoms with Gasteiger partial charge in [0.05, 0.1) is 11.6 Å². The molecule has 7 heteroatoms. The van der Waals surface area contributed by atoms with Crippen LogP contribution < -0.4 is 10.6 Å². The van der Waals surface area contributed by atoms with E-state index in [1.165, 1.54) is 0 Å². The first-order valence-electron chi connectivity index (χ1n) is 5.47. The Morgan fingerprint density at radius 3 is 2.41 bits per heavy atom. The van der Waals surface area contributed by atoms with E-state index in [-0.39, 0.29) is 5.28 Å². The zero-order valence-corrected chi connectivity index (χ0v) is 11.2. The molecule has 6 nitrogen and oxygen atoms in total. The van der Waals surface area contributed by atoms with Crippen LogP contribution in [0, 0.1) is 0 Å². The van der Waals surface area contributed by atoms with E-state index < -0.39 is 11.6 Å². The summed E-state index contributed by atoms with van der Waals surface area (Å²) in [5.74, 6) is 0.753. The molecular formula is C10H18ClN5O. The lowest BCUT2D eigenvalue weighted by molar-refractivity contribution is 0.132. The number of nitrogens with zero attached hydrogens (tertiary/aromatic N) is 3. The SMILES string of the molecule is CCNc1nc(Cl)nc(NC(C)(C)C(C)O)n1. The second kappa shape index (κ2) is 5.46. The van der Waals surface area contributed by atoms with E-state index in [9.17, 15) is 5.11 Å². The molecule has 1 unspecified atom stereocenters. The van der Waals surface area contributed by atoms with Crippen molar-refractivity contribution in [1.29, 1.82) is 0 Å². The normalized spacial score (nSPS) is 13.3. The van der Waals surface area contributed by atoms with Crippen molar-refractivity contribution in [2.45, 2.75) is 39.3 Å². The van der Waals surface area contributed by atoms with Gasteiger partial charge in [-0.05, 0) is 39.3 Å². The monoisotopic (exact) mass is 259 g/mol. The number of hydrogen-bond acceptors (Lipinski definition) is 6. The van der Waals surface area contributed by atoms with E-state index in [1.807, 2.05) is 20.8 Å². The number of rotatable bonds is 5. The Hall–Kier alpha value is -1.14. The van der Waals surface area contributed by atoms with Crippen molar-refractivity contribution < 1.29 is 5.11 Å². The molecule has 0 aromatic carbocycles. The van der Waals surface area contributed by atoms with E-state index in [2.05, 4.69) is 25.6 Å². The highest BCUT2D eigenvalue weighted by Gasteiger charge is 2.25. The molecule has 0 saturated heterocycles. The number of hydrogen-bond donors (Lipinski definition) is 3. The molecule has 0 spiro atoms. The molecule has 0 radical (unpaired) electrons. The molecule has 1 atom stereocenters. The minimum absolute atomic E-state index is 0.111. The van der Waals surface area contributed by atoms with Crippen LogP contribution in [0.15, 0.2) is 0 Å². The Balaban J connectivity index is 2.91. The highest BCUT2D eigenvalue weighted by atomic mass is 35.5. The number of nitrogens with one attached hydrogen (secondary N) is 2. The van der Waals surface area contributed by atoms with Gasteiger partial charge in [0.25, 0.3) is 0 Å². The third-order valence-electron chi connectivity index (χ3n) is 2.42. The van der Waals surface area contributed by atoms with Gasteiger partial charge in [0.15, 0.2) is 0 Å². The summed E-state index contributed by atoms with van der Waals surface area (Å²) in [6.07, 6.45) is -0.555. The molecule has 1 aromatic heterocycles. The fourth-order valence-electron chi connectivity index (χ4n) is 1.04. The second-order valence-electron chi connectivity index (χ2n) is 4.30. The minimum Gasteiger partial charge on any atom is -0.391 e. The fraction of sp³-hybridized carbons (Fsp3) is 0.700. The van der Waals surface area contributed by atoms with E-state index in [0.29, 0.717) is 18.4 Å². The van der Waals surface area contributed by atoms with Crippen LogP contribution in [-0.4, -0.2) is 38.2 Å². The van der Waals surface area contributed by atoms with Crippen molar-refractivity contribution in [3.05, 3.63) is 5.28 Å². The zero-order valence-electron chi connectivity index (χ0n) is 10.5. The van der Waals surface area contributed by atoms with Crippen molar-refractivity contribution in [2.24, 2.45) is 0 Å². The fourth-order valence-corrected chi connectivity index (χ4v) is 1.20. The van der Waals surface area contributed by atoms with E-state index in [0.717, 1.165) is 0 Å². The largest absolute Gasteiger partial charge is 0.391 e. The lowest BCUT2D eigenvalue weighted by Gasteiger charge is -2.29. The van der Waals surface area contributed by atoms with Gasteiger partial charge in [-0.2, -0.15) is 15.0 Å². The van der Waals surface area contributed by atoms with Gasteiger partial charge in [-0.25, -0.2) is 0 Å². The van der Waals surface area contributed by atoms with Crippen LogP contribution in [0.2, 0.25) is 5.28 Å². The van der Waals surface area contributed by atoms with Gasteiger partial charge in [0.1, 0.15) is 0 Å². The predicted octanol–water partition coefficient (Wildman–Crippen LogP) is 1.53. The molecule has 1 heterocycles. The van der Waals surface area contributed by atoms with E-state index >= 15 is 0 Å². The molecule has 0 aliphatic carbocycles. The van der Waals surface area contributed by atoms with Gasteiger partial charge < -0.3 is 15.7 Å². The van der Waals surface area contributed by atoms with Crippen molar-refractivity contribution in [3.8, 4) is 0 Å². The summed E-state index contributed by atoms with van der Waals surface area (Å²) in [6.45, 7) is 8.02. The summed E-state index contributed by atoms with van der Waals surface area (Å²) in [5.41, 5.74) is -0.547. The van der Waals surface area contributed by atoms with Crippen LogP contribution in [0.5, 0.6) is 0 Å². The van der Waals surface area contributed by atoms with E-state index in [4.69, 9.17) is 11.6 Å². The quantitative estimate of drug-likeness (QED) is 0.744. The van der Waals surface area contributed by atoms with Gasteiger partial charge >= 0.3 is 0 Å². The summed E-state index contributed by atoms with van der Waals surface area (Å²) in [6, 6.07) is 0. The molecule has 0 aliphatic heterocycles. The lowest BCUT2D eigenvalue weighted by atomic mass is 9.99. The van der Waals surface area contributed by atoms with Crippen LogP contribution in [0.1, 0.15) is 27.7 Å². The Morgan fingerprint density at radius 2 is 1.88 bits per heavy atom. The molecule has 0 fully saturated rings. The molecule has 0 saturated carbocycles. The summed E-state index contributed by atoms with van der Waals surface area (Å²) < 4.78 is 0. The summed E-state index contributed by atoms with van der Waals surface area (Å²) >= 11 is 5.79. The maximum Gasteiger partial charge on any atom is 0.229 e. The van der Waals surface area contributed by atoms with Gasteiger partial charge in [0, 0.05) is 6.54 Å². The van der Waals surface area contributed by atoms with Crippen LogP contribution in [-0.2, 0) is 0 Å². The molecular weight excluding hydrogens is 242 g/mol. The van der Waals surface area contributed by atoms with Gasteiger partial charge in [-0.1, -0.05) is 0 Å². The third-order valence-corrected chi connectivity index (χ3v) is 2.59. The molecule has 0 amide bonds. The van der Waals surface area contributed by atoms with Crippen LogP contribution in [0.3, 0.4) is 0 Å². The average Bonchev–Trinajstić information content (AvgIpc) is 2.15. The second-order valence-corrected chi connectivity index (χ2v) is 4.64. The topological polar surface area (TPSA) is 83.0 Å². The Bertz CT molecular complexity index is 383. The Kier molecular flexibility index (Phi) is 4.47. The van der Waals surface area contributed by atoms with Crippen molar-refractivity contribution in [1.82, 2.24) is 15.0 Å². The summed E-state index contributed by atoms with van der Waals surface area (Å²) in [5, 5.41) is 15.7. The number of aliphatic hydroxyl groups excluding tert-OH is 1. The number of halogens is 1. The Labute approximate surface area is 106 Å².